The minimum absolute atomic E-state index is 0.153. The molecule has 0 bridgehead atoms. The predicted octanol–water partition coefficient (Wildman–Crippen LogP) is 4.05. The normalized spacial score (nSPS) is 15.8. The van der Waals surface area contributed by atoms with Crippen molar-refractivity contribution < 1.29 is 4.79 Å². The molecule has 1 fully saturated rings. The van der Waals surface area contributed by atoms with E-state index < -0.39 is 0 Å². The predicted molar refractivity (Wildman–Crippen MR) is 123 cm³/mol. The number of hydrogen-bond donors (Lipinski definition) is 0. The van der Waals surface area contributed by atoms with Gasteiger partial charge in [0, 0.05) is 12.1 Å². The zero-order valence-corrected chi connectivity index (χ0v) is 19.7. The van der Waals surface area contributed by atoms with Crippen LogP contribution in [0.15, 0.2) is 35.5 Å². The molecule has 30 heavy (non-hydrogen) atoms. The smallest absolute Gasteiger partial charge is 0.236 e. The molecule has 2 heterocycles. The molecule has 2 aromatic rings. The van der Waals surface area contributed by atoms with E-state index in [0.29, 0.717) is 0 Å². The molecule has 0 spiro atoms. The third-order valence-electron chi connectivity index (χ3n) is 5.54. The molecule has 0 saturated carbocycles. The van der Waals surface area contributed by atoms with Crippen molar-refractivity contribution in [3.8, 4) is 0 Å². The Morgan fingerprint density at radius 1 is 1.00 bits per heavy atom. The van der Waals surface area contributed by atoms with Gasteiger partial charge in [-0.3, -0.25) is 9.69 Å². The van der Waals surface area contributed by atoms with Gasteiger partial charge in [0.1, 0.15) is 5.82 Å². The van der Waals surface area contributed by atoms with Gasteiger partial charge in [0.2, 0.25) is 5.91 Å². The van der Waals surface area contributed by atoms with Crippen molar-refractivity contribution in [2.75, 3.05) is 13.1 Å². The van der Waals surface area contributed by atoms with E-state index in [1.807, 2.05) is 17.9 Å². The van der Waals surface area contributed by atoms with Crippen LogP contribution < -0.4 is 0 Å². The number of carbonyl (C=O) groups is 1. The van der Waals surface area contributed by atoms with E-state index in [0.717, 1.165) is 37.2 Å². The van der Waals surface area contributed by atoms with Crippen molar-refractivity contribution >= 4 is 17.7 Å². The van der Waals surface area contributed by atoms with E-state index in [1.165, 1.54) is 30.2 Å². The molecule has 1 unspecified atom stereocenters. The number of hydrogen-bond acceptors (Lipinski definition) is 5. The number of amides is 1. The molecule has 1 atom stereocenters. The maximum atomic E-state index is 13.1. The topological polar surface area (TPSA) is 54.3 Å². The average molecular weight is 430 g/mol. The van der Waals surface area contributed by atoms with Gasteiger partial charge >= 0.3 is 0 Å². The van der Waals surface area contributed by atoms with Crippen molar-refractivity contribution in [2.45, 2.75) is 83.0 Å². The summed E-state index contributed by atoms with van der Waals surface area (Å²) in [4.78, 5) is 17.5. The minimum Gasteiger partial charge on any atom is -0.337 e. The fourth-order valence-electron chi connectivity index (χ4n) is 4.11. The van der Waals surface area contributed by atoms with Gasteiger partial charge in [-0.25, -0.2) is 0 Å². The molecular weight excluding hydrogens is 394 g/mol. The van der Waals surface area contributed by atoms with Gasteiger partial charge < -0.3 is 9.47 Å². The quantitative estimate of drug-likeness (QED) is 0.563. The monoisotopic (exact) mass is 429 g/mol. The molecule has 1 amide bonds. The summed E-state index contributed by atoms with van der Waals surface area (Å²) in [5, 5.41) is 9.64. The Labute approximate surface area is 185 Å². The van der Waals surface area contributed by atoms with Crippen LogP contribution in [0.5, 0.6) is 0 Å². The van der Waals surface area contributed by atoms with E-state index in [9.17, 15) is 4.79 Å². The minimum atomic E-state index is -0.215. The lowest BCUT2D eigenvalue weighted by Gasteiger charge is -2.32. The number of rotatable bonds is 9. The highest BCUT2D eigenvalue weighted by molar-refractivity contribution is 8.00. The summed E-state index contributed by atoms with van der Waals surface area (Å²) in [6.45, 7) is 14.0. The number of likely N-dealkylation sites (tertiary alicyclic amines) is 1. The summed E-state index contributed by atoms with van der Waals surface area (Å²) in [5.41, 5.74) is 1.21. The van der Waals surface area contributed by atoms with E-state index >= 15 is 0 Å². The highest BCUT2D eigenvalue weighted by Gasteiger charge is 2.28. The first-order valence-corrected chi connectivity index (χ1v) is 11.9. The van der Waals surface area contributed by atoms with Crippen LogP contribution in [0.3, 0.4) is 0 Å². The zero-order valence-electron chi connectivity index (χ0n) is 18.9. The molecule has 6 nitrogen and oxygen atoms in total. The molecule has 1 saturated heterocycles. The van der Waals surface area contributed by atoms with Gasteiger partial charge in [-0.1, -0.05) is 42.1 Å². The van der Waals surface area contributed by atoms with Crippen molar-refractivity contribution in [3.05, 3.63) is 41.7 Å². The summed E-state index contributed by atoms with van der Waals surface area (Å²) in [5.74, 6) is 1.13. The number of carbonyl (C=O) groups excluding carboxylic acids is 1. The Bertz CT molecular complexity index is 806. The molecule has 0 aliphatic carbocycles. The molecule has 0 radical (unpaired) electrons. The Morgan fingerprint density at radius 2 is 1.63 bits per heavy atom. The van der Waals surface area contributed by atoms with Crippen LogP contribution in [0.1, 0.15) is 58.8 Å². The van der Waals surface area contributed by atoms with Crippen molar-refractivity contribution in [1.82, 2.24) is 24.6 Å². The maximum absolute atomic E-state index is 13.1. The van der Waals surface area contributed by atoms with Crippen LogP contribution in [0.4, 0.5) is 0 Å². The highest BCUT2D eigenvalue weighted by Crippen LogP contribution is 2.26. The second-order valence-corrected chi connectivity index (χ2v) is 9.95. The largest absolute Gasteiger partial charge is 0.337 e. The maximum Gasteiger partial charge on any atom is 0.236 e. The van der Waals surface area contributed by atoms with E-state index in [1.54, 1.807) is 0 Å². The fourth-order valence-corrected chi connectivity index (χ4v) is 5.04. The first-order chi connectivity index (χ1) is 14.4. The molecule has 1 aromatic carbocycles. The van der Waals surface area contributed by atoms with Crippen molar-refractivity contribution in [3.63, 3.8) is 0 Å². The Hall–Kier alpha value is -1.86. The third kappa shape index (κ3) is 5.64. The van der Waals surface area contributed by atoms with Gasteiger partial charge in [0.05, 0.1) is 18.3 Å². The summed E-state index contributed by atoms with van der Waals surface area (Å²) < 4.78 is 2.19. The Balaban J connectivity index is 1.82. The van der Waals surface area contributed by atoms with Gasteiger partial charge in [0.25, 0.3) is 0 Å². The van der Waals surface area contributed by atoms with Crippen molar-refractivity contribution in [2.24, 2.45) is 0 Å². The molecule has 1 aliphatic heterocycles. The SMILES string of the molecule is CC(Sc1nnc(CN2CCCC2)n1Cc1ccccc1)C(=O)N(C(C)C)C(C)C. The molecule has 0 N–H and O–H groups in total. The second-order valence-electron chi connectivity index (χ2n) is 8.65. The number of thioether (sulfide) groups is 1. The first-order valence-electron chi connectivity index (χ1n) is 11.0. The molecule has 1 aliphatic rings. The van der Waals surface area contributed by atoms with Crippen LogP contribution in [0.25, 0.3) is 0 Å². The standard InChI is InChI=1S/C23H35N5OS/c1-17(2)28(18(3)4)22(29)19(5)30-23-25-24-21(16-26-13-9-10-14-26)27(23)15-20-11-7-6-8-12-20/h6-8,11-12,17-19H,9-10,13-16H2,1-5H3. The average Bonchev–Trinajstić information content (AvgIpc) is 3.34. The molecule has 1 aromatic heterocycles. The van der Waals surface area contributed by atoms with Gasteiger partial charge in [-0.05, 0) is 66.1 Å². The van der Waals surface area contributed by atoms with Crippen LogP contribution in [-0.2, 0) is 17.9 Å². The second kappa shape index (κ2) is 10.4. The molecule has 164 valence electrons. The summed E-state index contributed by atoms with van der Waals surface area (Å²) in [6, 6.07) is 10.7. The van der Waals surface area contributed by atoms with Crippen LogP contribution in [0, 0.1) is 0 Å². The summed E-state index contributed by atoms with van der Waals surface area (Å²) in [6.07, 6.45) is 2.50. The Morgan fingerprint density at radius 3 is 2.23 bits per heavy atom. The molecule has 7 heteroatoms. The van der Waals surface area contributed by atoms with E-state index in [-0.39, 0.29) is 23.2 Å². The van der Waals surface area contributed by atoms with Crippen LogP contribution in [0.2, 0.25) is 0 Å². The van der Waals surface area contributed by atoms with Gasteiger partial charge in [-0.2, -0.15) is 0 Å². The van der Waals surface area contributed by atoms with Crippen molar-refractivity contribution in [1.29, 1.82) is 0 Å². The first kappa shape index (κ1) is 22.8. The summed E-state index contributed by atoms with van der Waals surface area (Å²) >= 11 is 1.52. The lowest BCUT2D eigenvalue weighted by atomic mass is 10.2. The third-order valence-corrected chi connectivity index (χ3v) is 6.61. The lowest BCUT2D eigenvalue weighted by molar-refractivity contribution is -0.133. The van der Waals surface area contributed by atoms with E-state index in [2.05, 4.69) is 71.6 Å². The lowest BCUT2D eigenvalue weighted by Crippen LogP contribution is -2.45. The molecular formula is C23H35N5OS. The summed E-state index contributed by atoms with van der Waals surface area (Å²) in [7, 11) is 0. The van der Waals surface area contributed by atoms with Crippen LogP contribution >= 0.6 is 11.8 Å². The van der Waals surface area contributed by atoms with Crippen LogP contribution in [-0.4, -0.2) is 60.9 Å². The number of aromatic nitrogens is 3. The van der Waals surface area contributed by atoms with Gasteiger partial charge in [0.15, 0.2) is 5.16 Å². The van der Waals surface area contributed by atoms with E-state index in [4.69, 9.17) is 0 Å². The molecule has 3 rings (SSSR count). The van der Waals surface area contributed by atoms with Gasteiger partial charge in [-0.15, -0.1) is 10.2 Å². The Kier molecular flexibility index (Phi) is 7.94. The number of benzene rings is 1. The zero-order chi connectivity index (χ0) is 21.7. The fraction of sp³-hybridized carbons (Fsp3) is 0.609. The number of nitrogens with zero attached hydrogens (tertiary/aromatic N) is 5. The highest BCUT2D eigenvalue weighted by atomic mass is 32.2.